The molecule has 0 saturated carbocycles. The summed E-state index contributed by atoms with van der Waals surface area (Å²) < 4.78 is 10.2. The van der Waals surface area contributed by atoms with E-state index in [0.29, 0.717) is 19.3 Å². The number of esters is 1. The number of unbranched alkanes of at least 4 members (excludes halogenated alkanes) is 1. The van der Waals surface area contributed by atoms with E-state index in [1.807, 2.05) is 60.7 Å². The molecule has 2 rings (SSSR count). The Morgan fingerprint density at radius 3 is 2.36 bits per heavy atom. The zero-order valence-corrected chi connectivity index (χ0v) is 16.0. The highest BCUT2D eigenvalue weighted by molar-refractivity contribution is 5.81. The van der Waals surface area contributed by atoms with Crippen LogP contribution >= 0.6 is 0 Å². The van der Waals surface area contributed by atoms with E-state index in [1.165, 1.54) is 0 Å². The number of rotatable bonds is 8. The van der Waals surface area contributed by atoms with Gasteiger partial charge < -0.3 is 14.8 Å². The third-order valence-electron chi connectivity index (χ3n) is 3.88. The molecule has 0 aromatic heterocycles. The quantitative estimate of drug-likeness (QED) is 0.427. The summed E-state index contributed by atoms with van der Waals surface area (Å²) in [6.07, 6.45) is 1.06. The van der Waals surface area contributed by atoms with Gasteiger partial charge in [-0.05, 0) is 37.5 Å². The number of hydrogen-bond acceptors (Lipinski definition) is 4. The number of carbonyl (C=O) groups is 2. The zero-order valence-electron chi connectivity index (χ0n) is 16.0. The molecule has 1 N–H and O–H groups in total. The number of nitrogens with one attached hydrogen (secondary N) is 1. The van der Waals surface area contributed by atoms with Crippen LogP contribution in [0.5, 0.6) is 0 Å². The van der Waals surface area contributed by atoms with Gasteiger partial charge in [0.1, 0.15) is 12.6 Å². The van der Waals surface area contributed by atoms with E-state index in [2.05, 4.69) is 17.2 Å². The van der Waals surface area contributed by atoms with E-state index in [-0.39, 0.29) is 13.2 Å². The van der Waals surface area contributed by atoms with Crippen LogP contribution in [0.3, 0.4) is 0 Å². The summed E-state index contributed by atoms with van der Waals surface area (Å²) in [4.78, 5) is 24.1. The Hall–Kier alpha value is -3.26. The smallest absolute Gasteiger partial charge is 0.408 e. The van der Waals surface area contributed by atoms with Gasteiger partial charge in [-0.3, -0.25) is 0 Å². The first-order chi connectivity index (χ1) is 13.7. The molecular weight excluding hydrogens is 354 g/mol. The normalized spacial score (nSPS) is 10.9. The summed E-state index contributed by atoms with van der Waals surface area (Å²) in [7, 11) is 0. The molecule has 0 radical (unpaired) electrons. The molecule has 1 amide bonds. The van der Waals surface area contributed by atoms with Crippen molar-refractivity contribution < 1.29 is 19.1 Å². The summed E-state index contributed by atoms with van der Waals surface area (Å²) >= 11 is 0. The molecule has 0 spiro atoms. The molecule has 2 aromatic carbocycles. The maximum atomic E-state index is 12.1. The summed E-state index contributed by atoms with van der Waals surface area (Å²) in [6, 6.07) is 18.3. The minimum absolute atomic E-state index is 0.144. The largest absolute Gasteiger partial charge is 0.464 e. The molecule has 146 valence electrons. The molecular formula is C23H25NO4. The Kier molecular flexibility index (Phi) is 9.16. The highest BCUT2D eigenvalue weighted by atomic mass is 16.6. The van der Waals surface area contributed by atoms with Crippen molar-refractivity contribution in [2.75, 3.05) is 6.61 Å². The van der Waals surface area contributed by atoms with Crippen molar-refractivity contribution in [3.05, 3.63) is 71.8 Å². The zero-order chi connectivity index (χ0) is 20.0. The lowest BCUT2D eigenvalue weighted by Gasteiger charge is -2.16. The van der Waals surface area contributed by atoms with Crippen molar-refractivity contribution in [2.45, 2.75) is 38.8 Å². The Balaban J connectivity index is 1.81. The minimum atomic E-state index is -0.748. The molecule has 0 unspecified atom stereocenters. The molecule has 2 aromatic rings. The predicted molar refractivity (Wildman–Crippen MR) is 107 cm³/mol. The first-order valence-electron chi connectivity index (χ1n) is 9.37. The molecule has 1 atom stereocenters. The Morgan fingerprint density at radius 2 is 1.68 bits per heavy atom. The van der Waals surface area contributed by atoms with Gasteiger partial charge in [0.25, 0.3) is 0 Å². The SMILES string of the molecule is CCOC(=O)[C@@H](CCCC#Cc1ccccc1)NC(=O)OCc1ccccc1. The van der Waals surface area contributed by atoms with Gasteiger partial charge in [0.05, 0.1) is 6.61 Å². The first kappa shape index (κ1) is 21.0. The summed E-state index contributed by atoms with van der Waals surface area (Å²) in [5.74, 6) is 5.69. The van der Waals surface area contributed by atoms with Crippen LogP contribution in [-0.2, 0) is 20.9 Å². The minimum Gasteiger partial charge on any atom is -0.464 e. The second kappa shape index (κ2) is 12.2. The molecule has 28 heavy (non-hydrogen) atoms. The number of ether oxygens (including phenoxy) is 2. The Bertz CT molecular complexity index is 794. The predicted octanol–water partition coefficient (Wildman–Crippen LogP) is 4.07. The van der Waals surface area contributed by atoms with Gasteiger partial charge in [-0.15, -0.1) is 0 Å². The van der Waals surface area contributed by atoms with Crippen LogP contribution in [0.25, 0.3) is 0 Å². The van der Waals surface area contributed by atoms with Gasteiger partial charge in [0.15, 0.2) is 0 Å². The first-order valence-corrected chi connectivity index (χ1v) is 9.37. The monoisotopic (exact) mass is 379 g/mol. The molecule has 0 aliphatic rings. The molecule has 0 heterocycles. The maximum absolute atomic E-state index is 12.1. The fourth-order valence-corrected chi connectivity index (χ4v) is 2.48. The Labute approximate surface area is 166 Å². The lowest BCUT2D eigenvalue weighted by atomic mass is 10.1. The average Bonchev–Trinajstić information content (AvgIpc) is 2.73. The van der Waals surface area contributed by atoms with Crippen molar-refractivity contribution in [3.8, 4) is 11.8 Å². The van der Waals surface area contributed by atoms with Crippen LogP contribution in [0.1, 0.15) is 37.3 Å². The summed E-state index contributed by atoms with van der Waals surface area (Å²) in [5, 5.41) is 2.60. The third kappa shape index (κ3) is 7.96. The molecule has 0 fully saturated rings. The van der Waals surface area contributed by atoms with Crippen molar-refractivity contribution in [2.24, 2.45) is 0 Å². The lowest BCUT2D eigenvalue weighted by molar-refractivity contribution is -0.145. The van der Waals surface area contributed by atoms with E-state index in [9.17, 15) is 9.59 Å². The van der Waals surface area contributed by atoms with Crippen molar-refractivity contribution in [1.29, 1.82) is 0 Å². The third-order valence-corrected chi connectivity index (χ3v) is 3.88. The van der Waals surface area contributed by atoms with Crippen LogP contribution in [0.15, 0.2) is 60.7 Å². The lowest BCUT2D eigenvalue weighted by Crippen LogP contribution is -2.42. The van der Waals surface area contributed by atoms with Gasteiger partial charge in [-0.25, -0.2) is 9.59 Å². The summed E-state index contributed by atoms with van der Waals surface area (Å²) in [5.41, 5.74) is 1.83. The number of amides is 1. The van der Waals surface area contributed by atoms with E-state index < -0.39 is 18.1 Å². The fraction of sp³-hybridized carbons (Fsp3) is 0.304. The van der Waals surface area contributed by atoms with Crippen LogP contribution in [0.4, 0.5) is 4.79 Å². The number of hydrogen-bond donors (Lipinski definition) is 1. The van der Waals surface area contributed by atoms with E-state index >= 15 is 0 Å². The number of alkyl carbamates (subject to hydrolysis) is 1. The van der Waals surface area contributed by atoms with Crippen LogP contribution in [0.2, 0.25) is 0 Å². The van der Waals surface area contributed by atoms with Crippen LogP contribution in [0, 0.1) is 11.8 Å². The van der Waals surface area contributed by atoms with Crippen LogP contribution < -0.4 is 5.32 Å². The highest BCUT2D eigenvalue weighted by Crippen LogP contribution is 2.06. The molecule has 5 nitrogen and oxygen atoms in total. The van der Waals surface area contributed by atoms with E-state index in [4.69, 9.17) is 9.47 Å². The molecule has 0 aliphatic heterocycles. The Morgan fingerprint density at radius 1 is 1.00 bits per heavy atom. The average molecular weight is 379 g/mol. The van der Waals surface area contributed by atoms with Gasteiger partial charge in [0, 0.05) is 12.0 Å². The van der Waals surface area contributed by atoms with Gasteiger partial charge in [-0.2, -0.15) is 0 Å². The molecule has 0 aliphatic carbocycles. The van der Waals surface area contributed by atoms with Gasteiger partial charge in [-0.1, -0.05) is 60.4 Å². The van der Waals surface area contributed by atoms with Crippen molar-refractivity contribution in [3.63, 3.8) is 0 Å². The fourth-order valence-electron chi connectivity index (χ4n) is 2.48. The van der Waals surface area contributed by atoms with Crippen molar-refractivity contribution >= 4 is 12.1 Å². The highest BCUT2D eigenvalue weighted by Gasteiger charge is 2.22. The standard InChI is InChI=1S/C23H25NO4/c1-2-27-22(25)21(17-11-5-8-14-19-12-6-3-7-13-19)24-23(26)28-18-20-15-9-4-10-16-20/h3-4,6-7,9-10,12-13,15-16,21H,2,5,11,17-18H2,1H3,(H,24,26)/t21-/m1/s1. The maximum Gasteiger partial charge on any atom is 0.408 e. The summed E-state index contributed by atoms with van der Waals surface area (Å²) in [6.45, 7) is 2.13. The molecule has 0 bridgehead atoms. The molecule has 0 saturated heterocycles. The second-order valence-electron chi connectivity index (χ2n) is 6.07. The van der Waals surface area contributed by atoms with Crippen LogP contribution in [-0.4, -0.2) is 24.7 Å². The van der Waals surface area contributed by atoms with E-state index in [1.54, 1.807) is 6.92 Å². The molecule has 5 heteroatoms. The number of benzene rings is 2. The number of carbonyl (C=O) groups excluding carboxylic acids is 2. The topological polar surface area (TPSA) is 64.6 Å². The van der Waals surface area contributed by atoms with Gasteiger partial charge in [0.2, 0.25) is 0 Å². The second-order valence-corrected chi connectivity index (χ2v) is 6.07. The van der Waals surface area contributed by atoms with E-state index in [0.717, 1.165) is 11.1 Å². The van der Waals surface area contributed by atoms with Gasteiger partial charge >= 0.3 is 12.1 Å². The van der Waals surface area contributed by atoms with Crippen molar-refractivity contribution in [1.82, 2.24) is 5.32 Å².